The van der Waals surface area contributed by atoms with Crippen LogP contribution in [0.25, 0.3) is 0 Å². The van der Waals surface area contributed by atoms with Gasteiger partial charge in [-0.3, -0.25) is 20.3 Å². The van der Waals surface area contributed by atoms with Gasteiger partial charge in [-0.25, -0.2) is 15.3 Å². The number of aliphatic hydroxyl groups excluding tert-OH is 1. The van der Waals surface area contributed by atoms with Crippen LogP contribution in [-0.2, 0) is 5.41 Å². The van der Waals surface area contributed by atoms with E-state index in [4.69, 9.17) is 27.8 Å². The van der Waals surface area contributed by atoms with E-state index in [2.05, 4.69) is 44.8 Å². The number of carbonyl (C=O) groups is 2. The predicted molar refractivity (Wildman–Crippen MR) is 150 cm³/mol. The number of para-hydroxylation sites is 1. The van der Waals surface area contributed by atoms with Gasteiger partial charge >= 0.3 is 5.96 Å². The zero-order chi connectivity index (χ0) is 29.1. The van der Waals surface area contributed by atoms with Crippen LogP contribution in [-0.4, -0.2) is 88.3 Å². The summed E-state index contributed by atoms with van der Waals surface area (Å²) in [7, 11) is 0. The third-order valence-corrected chi connectivity index (χ3v) is 8.67. The molecule has 1 aromatic heterocycles. The average Bonchev–Trinajstić information content (AvgIpc) is 3.43. The molecule has 2 amide bonds. The van der Waals surface area contributed by atoms with Crippen LogP contribution >= 0.6 is 11.6 Å². The van der Waals surface area contributed by atoms with Crippen molar-refractivity contribution in [2.24, 2.45) is 16.5 Å². The summed E-state index contributed by atoms with van der Waals surface area (Å²) in [6.45, 7) is 5.02. The fourth-order valence-corrected chi connectivity index (χ4v) is 6.39. The molecule has 0 bridgehead atoms. The number of carbonyl (C=O) groups excluding carboxylic acids is 2. The molecule has 13 nitrogen and oxygen atoms in total. The Morgan fingerprint density at radius 2 is 2.07 bits per heavy atom. The maximum Gasteiger partial charge on any atom is 0.343 e. The van der Waals surface area contributed by atoms with Crippen molar-refractivity contribution in [1.82, 2.24) is 25.8 Å². The van der Waals surface area contributed by atoms with E-state index in [1.165, 1.54) is 12.3 Å². The molecular formula is C27H33ClN9O4+. The summed E-state index contributed by atoms with van der Waals surface area (Å²) in [5.74, 6) is 0.150. The maximum atomic E-state index is 13.6. The molecule has 5 heterocycles. The van der Waals surface area contributed by atoms with Crippen molar-refractivity contribution in [3.63, 3.8) is 0 Å². The second kappa shape index (κ2) is 9.77. The summed E-state index contributed by atoms with van der Waals surface area (Å²) < 4.78 is 5.93. The number of benzene rings is 1. The Labute approximate surface area is 241 Å². The smallest absolute Gasteiger partial charge is 0.343 e. The number of amides is 2. The lowest BCUT2D eigenvalue weighted by atomic mass is 9.79. The van der Waals surface area contributed by atoms with E-state index in [1.54, 1.807) is 17.0 Å². The third kappa shape index (κ3) is 4.39. The van der Waals surface area contributed by atoms with Gasteiger partial charge in [0.05, 0.1) is 23.2 Å². The summed E-state index contributed by atoms with van der Waals surface area (Å²) in [4.78, 5) is 39.8. The van der Waals surface area contributed by atoms with Crippen molar-refractivity contribution < 1.29 is 24.4 Å². The minimum Gasteiger partial charge on any atom is -0.492 e. The van der Waals surface area contributed by atoms with Gasteiger partial charge in [-0.1, -0.05) is 37.6 Å². The molecular weight excluding hydrogens is 550 g/mol. The van der Waals surface area contributed by atoms with E-state index in [-0.39, 0.29) is 42.0 Å². The van der Waals surface area contributed by atoms with Crippen LogP contribution < -0.4 is 37.1 Å². The highest BCUT2D eigenvalue weighted by Crippen LogP contribution is 2.41. The molecule has 1 aromatic carbocycles. The summed E-state index contributed by atoms with van der Waals surface area (Å²) in [5.41, 5.74) is 12.8. The van der Waals surface area contributed by atoms with Crippen molar-refractivity contribution in [3.05, 3.63) is 58.4 Å². The first-order chi connectivity index (χ1) is 19.5. The number of nitrogens with two attached hydrogens (primary N) is 2. The summed E-state index contributed by atoms with van der Waals surface area (Å²) in [6, 6.07) is 6.72. The molecule has 0 radical (unpaired) electrons. The number of halogens is 1. The Bertz CT molecular complexity index is 1460. The Kier molecular flexibility index (Phi) is 6.46. The van der Waals surface area contributed by atoms with Crippen molar-refractivity contribution in [2.45, 2.75) is 55.6 Å². The normalized spacial score (nSPS) is 29.1. The number of aromatic nitrogens is 1. The fraction of sp³-hybridized carbons (Fsp3) is 0.444. The summed E-state index contributed by atoms with van der Waals surface area (Å²) >= 11 is 5.87. The molecule has 1 fully saturated rings. The molecule has 0 aliphatic carbocycles. The Balaban J connectivity index is 1.22. The molecule has 9 N–H and O–H groups in total. The maximum absolute atomic E-state index is 13.6. The lowest BCUT2D eigenvalue weighted by Crippen LogP contribution is -2.88. The van der Waals surface area contributed by atoms with Crippen LogP contribution in [0, 0.1) is 0 Å². The number of pyridine rings is 1. The molecule has 1 spiro atoms. The lowest BCUT2D eigenvalue weighted by molar-refractivity contribution is -0.513. The molecule has 2 aromatic rings. The van der Waals surface area contributed by atoms with Gasteiger partial charge in [-0.05, 0) is 30.0 Å². The van der Waals surface area contributed by atoms with Gasteiger partial charge < -0.3 is 31.1 Å². The van der Waals surface area contributed by atoms with Gasteiger partial charge in [-0.2, -0.15) is 0 Å². The van der Waals surface area contributed by atoms with Crippen LogP contribution in [0.4, 0.5) is 0 Å². The van der Waals surface area contributed by atoms with E-state index in [9.17, 15) is 14.7 Å². The first kappa shape index (κ1) is 27.1. The lowest BCUT2D eigenvalue weighted by Gasteiger charge is -2.43. The van der Waals surface area contributed by atoms with E-state index in [0.717, 1.165) is 12.0 Å². The first-order valence-corrected chi connectivity index (χ1v) is 13.8. The van der Waals surface area contributed by atoms with Gasteiger partial charge in [0, 0.05) is 24.8 Å². The minimum atomic E-state index is -1.21. The topological polar surface area (TPSA) is 194 Å². The van der Waals surface area contributed by atoms with Crippen LogP contribution in [0.5, 0.6) is 5.75 Å². The summed E-state index contributed by atoms with van der Waals surface area (Å²) in [6.07, 6.45) is 1.09. The van der Waals surface area contributed by atoms with Crippen LogP contribution in [0.3, 0.4) is 0 Å². The monoisotopic (exact) mass is 582 g/mol. The summed E-state index contributed by atoms with van der Waals surface area (Å²) in [5, 5.41) is 21.1. The largest absolute Gasteiger partial charge is 0.492 e. The Morgan fingerprint density at radius 3 is 2.83 bits per heavy atom. The number of fused-ring (bicyclic) bond motifs is 1. The second-order valence-corrected chi connectivity index (χ2v) is 11.8. The highest BCUT2D eigenvalue weighted by molar-refractivity contribution is 6.30. The zero-order valence-electron chi connectivity index (χ0n) is 22.6. The highest BCUT2D eigenvalue weighted by Gasteiger charge is 2.68. The number of nitrogens with zero attached hydrogens (tertiary/aromatic N) is 3. The molecule has 5 atom stereocenters. The molecule has 4 aliphatic heterocycles. The molecule has 216 valence electrons. The van der Waals surface area contributed by atoms with Gasteiger partial charge in [0.15, 0.2) is 12.0 Å². The van der Waals surface area contributed by atoms with E-state index < -0.39 is 35.8 Å². The molecule has 14 heteroatoms. The number of guanidine groups is 2. The Morgan fingerprint density at radius 1 is 1.27 bits per heavy atom. The third-order valence-electron chi connectivity index (χ3n) is 8.45. The van der Waals surface area contributed by atoms with Crippen molar-refractivity contribution >= 4 is 35.3 Å². The molecule has 41 heavy (non-hydrogen) atoms. The quantitative estimate of drug-likeness (QED) is 0.204. The van der Waals surface area contributed by atoms with Gasteiger partial charge in [0.1, 0.15) is 23.6 Å². The van der Waals surface area contributed by atoms with Crippen LogP contribution in [0.15, 0.2) is 41.5 Å². The zero-order valence-corrected chi connectivity index (χ0v) is 23.4. The second-order valence-electron chi connectivity index (χ2n) is 11.4. The fourth-order valence-electron chi connectivity index (χ4n) is 6.28. The molecule has 2 unspecified atom stereocenters. The number of rotatable bonds is 5. The molecule has 6 rings (SSSR count). The van der Waals surface area contributed by atoms with Gasteiger partial charge in [0.2, 0.25) is 5.66 Å². The minimum absolute atomic E-state index is 0.0824. The van der Waals surface area contributed by atoms with Gasteiger partial charge in [0.25, 0.3) is 11.8 Å². The van der Waals surface area contributed by atoms with Crippen LogP contribution in [0.1, 0.15) is 46.7 Å². The number of ether oxygens (including phenoxy) is 1. The van der Waals surface area contributed by atoms with Crippen molar-refractivity contribution in [2.75, 3.05) is 19.7 Å². The number of hydrogen-bond acceptors (Lipinski definition) is 10. The SMILES string of the molecule is CC1(C)CCOc2c(C(=O)NC3CN4C(N)=N[C@@H](CNC(=O)c5ccc(Cl)cn5)[C@@H]5[NH+]=C(N)NC54[C@@H]3O)cccc21. The average molecular weight is 583 g/mol. The standard InChI is InChI=1S/C27H32ClN9O4/c1-26(2)8-9-41-19-14(4-3-5-15(19)26)22(39)33-18-12-37-25(30)34-17(20-27(37,21(18)38)36-24(29)35-20)11-32-23(40)16-7-6-13(28)10-31-16/h3-7,10,17-18,20-21,38H,8-9,11-12H2,1-2H3,(H2,30,34)(H,32,40)(H,33,39)(H3,29,35,36)/p+1/t17-,18?,20-,21+,27?/m0/s1. The van der Waals surface area contributed by atoms with Crippen LogP contribution in [0.2, 0.25) is 5.02 Å². The first-order valence-electron chi connectivity index (χ1n) is 13.4. The van der Waals surface area contributed by atoms with E-state index in [0.29, 0.717) is 22.9 Å². The van der Waals surface area contributed by atoms with Gasteiger partial charge in [-0.15, -0.1) is 0 Å². The number of hydrogen-bond donors (Lipinski definition) is 7. The number of aliphatic imine (C=N–C) groups is 1. The van der Waals surface area contributed by atoms with Crippen molar-refractivity contribution in [3.8, 4) is 5.75 Å². The highest BCUT2D eigenvalue weighted by atomic mass is 35.5. The van der Waals surface area contributed by atoms with Crippen molar-refractivity contribution in [1.29, 1.82) is 0 Å². The number of nitrogens with one attached hydrogen (secondary N) is 4. The number of aliphatic hydroxyl groups is 1. The Hall–Kier alpha value is -4.10. The molecule has 1 saturated heterocycles. The predicted octanol–water partition coefficient (Wildman–Crippen LogP) is -2.24. The molecule has 4 aliphatic rings. The van der Waals surface area contributed by atoms with E-state index >= 15 is 0 Å². The molecule has 0 saturated carbocycles. The van der Waals surface area contributed by atoms with E-state index in [1.807, 2.05) is 12.1 Å².